The van der Waals surface area contributed by atoms with Gasteiger partial charge in [-0.05, 0) is 38.5 Å². The lowest BCUT2D eigenvalue weighted by Gasteiger charge is -2.34. The quantitative estimate of drug-likeness (QED) is 0.403. The second-order valence-electron chi connectivity index (χ2n) is 6.37. The van der Waals surface area contributed by atoms with Crippen LogP contribution in [0.5, 0.6) is 0 Å². The summed E-state index contributed by atoms with van der Waals surface area (Å²) in [5.41, 5.74) is 0. The lowest BCUT2D eigenvalue weighted by molar-refractivity contribution is 0.00990. The van der Waals surface area contributed by atoms with E-state index in [0.717, 1.165) is 70.5 Å². The van der Waals surface area contributed by atoms with Gasteiger partial charge in [-0.1, -0.05) is 12.8 Å². The Morgan fingerprint density at radius 1 is 1.18 bits per heavy atom. The minimum absolute atomic E-state index is 0.405. The lowest BCUT2D eigenvalue weighted by Crippen LogP contribution is -2.47. The Hall–Kier alpha value is -0.810. The van der Waals surface area contributed by atoms with E-state index in [-0.39, 0.29) is 0 Å². The molecule has 5 nitrogen and oxygen atoms in total. The van der Waals surface area contributed by atoms with Crippen molar-refractivity contribution in [2.24, 2.45) is 10.9 Å². The summed E-state index contributed by atoms with van der Waals surface area (Å²) in [6.07, 6.45) is 7.67. The summed E-state index contributed by atoms with van der Waals surface area (Å²) in [6.45, 7) is 7.75. The normalized spacial score (nSPS) is 20.5. The fraction of sp³-hybridized carbons (Fsp3) is 0.941. The molecule has 1 saturated carbocycles. The first-order valence-electron chi connectivity index (χ1n) is 8.97. The molecule has 0 spiro atoms. The van der Waals surface area contributed by atoms with Crippen LogP contribution in [0.25, 0.3) is 0 Å². The van der Waals surface area contributed by atoms with E-state index >= 15 is 0 Å². The van der Waals surface area contributed by atoms with Crippen molar-refractivity contribution in [1.29, 1.82) is 0 Å². The molecule has 128 valence electrons. The summed E-state index contributed by atoms with van der Waals surface area (Å²) in [4.78, 5) is 7.20. The maximum absolute atomic E-state index is 5.93. The summed E-state index contributed by atoms with van der Waals surface area (Å²) < 4.78 is 11.0. The number of nitrogens with zero attached hydrogens (tertiary/aromatic N) is 2. The fourth-order valence-corrected chi connectivity index (χ4v) is 2.87. The number of hydrogen-bond donors (Lipinski definition) is 1. The van der Waals surface area contributed by atoms with Gasteiger partial charge in [-0.25, -0.2) is 0 Å². The topological polar surface area (TPSA) is 46.1 Å². The van der Waals surface area contributed by atoms with Crippen molar-refractivity contribution in [3.05, 3.63) is 0 Å². The van der Waals surface area contributed by atoms with E-state index in [4.69, 9.17) is 14.5 Å². The summed E-state index contributed by atoms with van der Waals surface area (Å²) in [7, 11) is 1.74. The molecule has 2 fully saturated rings. The summed E-state index contributed by atoms with van der Waals surface area (Å²) in [5, 5.41) is 3.44. The maximum Gasteiger partial charge on any atom is 0.193 e. The van der Waals surface area contributed by atoms with Crippen LogP contribution in [0.4, 0.5) is 0 Å². The van der Waals surface area contributed by atoms with Crippen molar-refractivity contribution in [2.75, 3.05) is 46.5 Å². The molecule has 1 aliphatic carbocycles. The smallest absolute Gasteiger partial charge is 0.193 e. The van der Waals surface area contributed by atoms with Crippen LogP contribution in [0.1, 0.15) is 45.4 Å². The van der Waals surface area contributed by atoms with E-state index < -0.39 is 0 Å². The van der Waals surface area contributed by atoms with Gasteiger partial charge in [0, 0.05) is 46.5 Å². The number of piperidine rings is 1. The Balaban J connectivity index is 1.67. The Kier molecular flexibility index (Phi) is 8.02. The van der Waals surface area contributed by atoms with Crippen LogP contribution in [-0.4, -0.2) is 63.5 Å². The van der Waals surface area contributed by atoms with Crippen molar-refractivity contribution in [2.45, 2.75) is 51.6 Å². The first kappa shape index (κ1) is 17.5. The second kappa shape index (κ2) is 10.1. The zero-order chi connectivity index (χ0) is 15.6. The average Bonchev–Trinajstić information content (AvgIpc) is 3.36. The molecule has 22 heavy (non-hydrogen) atoms. The average molecular weight is 311 g/mol. The summed E-state index contributed by atoms with van der Waals surface area (Å²) in [6, 6.07) is 0. The maximum atomic E-state index is 5.93. The van der Waals surface area contributed by atoms with Gasteiger partial charge in [0.25, 0.3) is 0 Å². The van der Waals surface area contributed by atoms with E-state index in [1.54, 1.807) is 7.11 Å². The van der Waals surface area contributed by atoms with Crippen LogP contribution in [0.2, 0.25) is 0 Å². The highest BCUT2D eigenvalue weighted by Gasteiger charge is 2.23. The second-order valence-corrected chi connectivity index (χ2v) is 6.37. The number of likely N-dealkylation sites (tertiary alicyclic amines) is 1. The zero-order valence-corrected chi connectivity index (χ0v) is 14.4. The molecule has 0 aromatic heterocycles. The SMILES string of the molecule is CCNC(=NCCC1CC1)N1CCC(OCCCOC)CC1. The molecule has 0 amide bonds. The number of rotatable bonds is 9. The van der Waals surface area contributed by atoms with Crippen LogP contribution >= 0.6 is 0 Å². The molecule has 1 saturated heterocycles. The monoisotopic (exact) mass is 311 g/mol. The Labute approximate surface area is 135 Å². The predicted molar refractivity (Wildman–Crippen MR) is 90.4 cm³/mol. The molecule has 5 heteroatoms. The van der Waals surface area contributed by atoms with Crippen molar-refractivity contribution in [1.82, 2.24) is 10.2 Å². The minimum Gasteiger partial charge on any atom is -0.385 e. The lowest BCUT2D eigenvalue weighted by atomic mass is 10.1. The molecule has 0 aromatic rings. The van der Waals surface area contributed by atoms with Gasteiger partial charge in [0.05, 0.1) is 6.10 Å². The molecular weight excluding hydrogens is 278 g/mol. The van der Waals surface area contributed by atoms with Gasteiger partial charge >= 0.3 is 0 Å². The molecule has 2 aliphatic rings. The third-order valence-electron chi connectivity index (χ3n) is 4.42. The van der Waals surface area contributed by atoms with Gasteiger partial charge < -0.3 is 19.7 Å². The molecule has 0 atom stereocenters. The number of guanidine groups is 1. The number of ether oxygens (including phenoxy) is 2. The van der Waals surface area contributed by atoms with Crippen LogP contribution in [0.3, 0.4) is 0 Å². The largest absolute Gasteiger partial charge is 0.385 e. The highest BCUT2D eigenvalue weighted by molar-refractivity contribution is 5.80. The highest BCUT2D eigenvalue weighted by Crippen LogP contribution is 2.32. The van der Waals surface area contributed by atoms with Gasteiger partial charge in [-0.2, -0.15) is 0 Å². The third kappa shape index (κ3) is 6.53. The summed E-state index contributed by atoms with van der Waals surface area (Å²) >= 11 is 0. The Morgan fingerprint density at radius 3 is 2.59 bits per heavy atom. The number of methoxy groups -OCH3 is 1. The molecule has 0 unspecified atom stereocenters. The van der Waals surface area contributed by atoms with Gasteiger partial charge in [0.1, 0.15) is 0 Å². The molecule has 0 aromatic carbocycles. The van der Waals surface area contributed by atoms with Crippen LogP contribution < -0.4 is 5.32 Å². The molecule has 2 rings (SSSR count). The predicted octanol–water partition coefficient (Wildman–Crippen LogP) is 2.27. The molecule has 1 heterocycles. The molecular formula is C17H33N3O2. The first-order chi connectivity index (χ1) is 10.8. The Bertz CT molecular complexity index is 324. The standard InChI is InChI=1S/C17H33N3O2/c1-3-18-17(19-10-7-15-5-6-15)20-11-8-16(9-12-20)22-14-4-13-21-2/h15-16H,3-14H2,1-2H3,(H,18,19). The van der Waals surface area contributed by atoms with E-state index in [1.807, 2.05) is 0 Å². The van der Waals surface area contributed by atoms with Crippen molar-refractivity contribution < 1.29 is 9.47 Å². The van der Waals surface area contributed by atoms with Crippen LogP contribution in [0.15, 0.2) is 4.99 Å². The van der Waals surface area contributed by atoms with Crippen molar-refractivity contribution in [3.63, 3.8) is 0 Å². The minimum atomic E-state index is 0.405. The van der Waals surface area contributed by atoms with Gasteiger partial charge in [0.2, 0.25) is 0 Å². The van der Waals surface area contributed by atoms with E-state index in [0.29, 0.717) is 6.10 Å². The Morgan fingerprint density at radius 2 is 1.95 bits per heavy atom. The summed E-state index contributed by atoms with van der Waals surface area (Å²) in [5.74, 6) is 2.05. The third-order valence-corrected chi connectivity index (χ3v) is 4.42. The first-order valence-corrected chi connectivity index (χ1v) is 8.97. The van der Waals surface area contributed by atoms with Gasteiger partial charge in [-0.15, -0.1) is 0 Å². The van der Waals surface area contributed by atoms with Crippen LogP contribution in [0, 0.1) is 5.92 Å². The number of aliphatic imine (C=N–C) groups is 1. The zero-order valence-electron chi connectivity index (χ0n) is 14.4. The molecule has 0 radical (unpaired) electrons. The van der Waals surface area contributed by atoms with Crippen molar-refractivity contribution in [3.8, 4) is 0 Å². The van der Waals surface area contributed by atoms with E-state index in [1.165, 1.54) is 19.3 Å². The van der Waals surface area contributed by atoms with Gasteiger partial charge in [0.15, 0.2) is 5.96 Å². The van der Waals surface area contributed by atoms with E-state index in [9.17, 15) is 0 Å². The molecule has 1 N–H and O–H groups in total. The van der Waals surface area contributed by atoms with Crippen molar-refractivity contribution >= 4 is 5.96 Å². The number of nitrogens with one attached hydrogen (secondary N) is 1. The number of hydrogen-bond acceptors (Lipinski definition) is 3. The van der Waals surface area contributed by atoms with Crippen LogP contribution in [-0.2, 0) is 9.47 Å². The molecule has 1 aliphatic heterocycles. The highest BCUT2D eigenvalue weighted by atomic mass is 16.5. The fourth-order valence-electron chi connectivity index (χ4n) is 2.87. The van der Waals surface area contributed by atoms with E-state index in [2.05, 4.69) is 17.1 Å². The molecule has 0 bridgehead atoms. The van der Waals surface area contributed by atoms with Gasteiger partial charge in [-0.3, -0.25) is 4.99 Å².